The molecule has 2 aromatic heterocycles. The molecule has 122 valence electrons. The summed E-state index contributed by atoms with van der Waals surface area (Å²) in [6.45, 7) is -0.0538. The van der Waals surface area contributed by atoms with Crippen LogP contribution in [0.5, 0.6) is 5.75 Å². The first kappa shape index (κ1) is 15.7. The molecule has 0 radical (unpaired) electrons. The third-order valence-electron chi connectivity index (χ3n) is 3.41. The molecular formula is C17H16N4O3. The number of ether oxygens (including phenoxy) is 1. The highest BCUT2D eigenvalue weighted by Gasteiger charge is 2.15. The Balaban J connectivity index is 1.92. The second kappa shape index (κ2) is 6.93. The van der Waals surface area contributed by atoms with Crippen LogP contribution in [0.2, 0.25) is 0 Å². The van der Waals surface area contributed by atoms with Crippen molar-refractivity contribution in [1.29, 1.82) is 0 Å². The van der Waals surface area contributed by atoms with E-state index in [0.29, 0.717) is 22.6 Å². The largest absolute Gasteiger partial charge is 0.495 e. The summed E-state index contributed by atoms with van der Waals surface area (Å²) in [7, 11) is 1.53. The van der Waals surface area contributed by atoms with Crippen LogP contribution in [0.25, 0.3) is 11.7 Å². The van der Waals surface area contributed by atoms with Crippen molar-refractivity contribution in [2.75, 3.05) is 19.0 Å². The maximum Gasteiger partial charge on any atom is 0.261 e. The Morgan fingerprint density at radius 2 is 2.33 bits per heavy atom. The number of fused-ring (bicyclic) bond motifs is 1. The number of amides is 1. The van der Waals surface area contributed by atoms with Crippen molar-refractivity contribution in [2.45, 2.75) is 0 Å². The molecule has 0 saturated carbocycles. The highest BCUT2D eigenvalue weighted by Crippen LogP contribution is 2.27. The maximum absolute atomic E-state index is 12.6. The minimum Gasteiger partial charge on any atom is -0.495 e. The van der Waals surface area contributed by atoms with Crippen LogP contribution in [0, 0.1) is 0 Å². The van der Waals surface area contributed by atoms with E-state index in [4.69, 9.17) is 9.84 Å². The van der Waals surface area contributed by atoms with Gasteiger partial charge in [0.05, 0.1) is 25.6 Å². The zero-order valence-electron chi connectivity index (χ0n) is 13.0. The van der Waals surface area contributed by atoms with E-state index in [1.165, 1.54) is 17.8 Å². The SMILES string of the molecule is COc1ccc(/C=C/CO)cc1NC(=O)c1cnn2cccnc12. The second-order valence-corrected chi connectivity index (χ2v) is 4.94. The molecule has 0 atom stereocenters. The van der Waals surface area contributed by atoms with E-state index < -0.39 is 0 Å². The quantitative estimate of drug-likeness (QED) is 0.749. The molecule has 0 aliphatic carbocycles. The smallest absolute Gasteiger partial charge is 0.261 e. The highest BCUT2D eigenvalue weighted by molar-refractivity contribution is 6.08. The van der Waals surface area contributed by atoms with Gasteiger partial charge < -0.3 is 15.2 Å². The second-order valence-electron chi connectivity index (χ2n) is 4.94. The van der Waals surface area contributed by atoms with Crippen LogP contribution in [0.3, 0.4) is 0 Å². The molecule has 7 nitrogen and oxygen atoms in total. The lowest BCUT2D eigenvalue weighted by molar-refractivity contribution is 0.102. The fourth-order valence-corrected chi connectivity index (χ4v) is 2.29. The van der Waals surface area contributed by atoms with Crippen molar-refractivity contribution >= 4 is 23.3 Å². The third-order valence-corrected chi connectivity index (χ3v) is 3.41. The highest BCUT2D eigenvalue weighted by atomic mass is 16.5. The van der Waals surface area contributed by atoms with E-state index in [-0.39, 0.29) is 12.5 Å². The van der Waals surface area contributed by atoms with Gasteiger partial charge in [-0.2, -0.15) is 5.10 Å². The molecule has 1 aromatic carbocycles. The van der Waals surface area contributed by atoms with Gasteiger partial charge in [-0.05, 0) is 23.8 Å². The topological polar surface area (TPSA) is 88.8 Å². The van der Waals surface area contributed by atoms with Crippen LogP contribution in [0.4, 0.5) is 5.69 Å². The Labute approximate surface area is 138 Å². The number of aliphatic hydroxyl groups is 1. The van der Waals surface area contributed by atoms with E-state index in [1.54, 1.807) is 42.7 Å². The summed E-state index contributed by atoms with van der Waals surface area (Å²) < 4.78 is 6.82. The summed E-state index contributed by atoms with van der Waals surface area (Å²) in [5.74, 6) is 0.208. The predicted octanol–water partition coefficient (Wildman–Crippen LogP) is 2.00. The van der Waals surface area contributed by atoms with Gasteiger partial charge in [0, 0.05) is 12.4 Å². The lowest BCUT2D eigenvalue weighted by Gasteiger charge is -2.10. The monoisotopic (exact) mass is 324 g/mol. The van der Waals surface area contributed by atoms with Gasteiger partial charge in [0.25, 0.3) is 5.91 Å². The van der Waals surface area contributed by atoms with Crippen LogP contribution in [0.15, 0.2) is 48.9 Å². The molecule has 3 rings (SSSR count). The van der Waals surface area contributed by atoms with Gasteiger partial charge in [0.2, 0.25) is 0 Å². The summed E-state index contributed by atoms with van der Waals surface area (Å²) in [6.07, 6.45) is 8.17. The number of anilines is 1. The van der Waals surface area contributed by atoms with Gasteiger partial charge in [-0.25, -0.2) is 9.50 Å². The number of hydrogen-bond acceptors (Lipinski definition) is 5. The molecule has 3 aromatic rings. The Hall–Kier alpha value is -3.19. The molecule has 0 aliphatic rings. The fourth-order valence-electron chi connectivity index (χ4n) is 2.29. The van der Waals surface area contributed by atoms with Crippen molar-refractivity contribution in [2.24, 2.45) is 0 Å². The van der Waals surface area contributed by atoms with Crippen molar-refractivity contribution in [1.82, 2.24) is 14.6 Å². The van der Waals surface area contributed by atoms with E-state index in [2.05, 4.69) is 15.4 Å². The van der Waals surface area contributed by atoms with Crippen molar-refractivity contribution in [3.05, 3.63) is 60.1 Å². The fraction of sp³-hybridized carbons (Fsp3) is 0.118. The standard InChI is InChI=1S/C17H16N4O3/c1-24-15-6-5-12(4-2-9-22)10-14(15)20-17(23)13-11-19-21-8-3-7-18-16(13)21/h2-8,10-11,22H,9H2,1H3,(H,20,23)/b4-2+. The molecule has 0 aliphatic heterocycles. The summed E-state index contributed by atoms with van der Waals surface area (Å²) in [5.41, 5.74) is 2.20. The normalized spacial score (nSPS) is 11.1. The van der Waals surface area contributed by atoms with Crippen LogP contribution in [-0.4, -0.2) is 39.3 Å². The van der Waals surface area contributed by atoms with Crippen molar-refractivity contribution in [3.63, 3.8) is 0 Å². The summed E-state index contributed by atoms with van der Waals surface area (Å²) in [4.78, 5) is 16.7. The molecular weight excluding hydrogens is 308 g/mol. The molecule has 24 heavy (non-hydrogen) atoms. The molecule has 0 fully saturated rings. The number of methoxy groups -OCH3 is 1. The van der Waals surface area contributed by atoms with Gasteiger partial charge in [0.1, 0.15) is 11.3 Å². The average molecular weight is 324 g/mol. The van der Waals surface area contributed by atoms with E-state index in [1.807, 2.05) is 6.07 Å². The van der Waals surface area contributed by atoms with Gasteiger partial charge >= 0.3 is 0 Å². The number of rotatable bonds is 5. The first-order valence-corrected chi connectivity index (χ1v) is 7.28. The number of hydrogen-bond donors (Lipinski definition) is 2. The predicted molar refractivity (Wildman–Crippen MR) is 90.1 cm³/mol. The molecule has 2 heterocycles. The number of aliphatic hydroxyl groups excluding tert-OH is 1. The zero-order valence-corrected chi connectivity index (χ0v) is 13.0. The lowest BCUT2D eigenvalue weighted by Crippen LogP contribution is -2.13. The Kier molecular flexibility index (Phi) is 4.53. The summed E-state index contributed by atoms with van der Waals surface area (Å²) in [6, 6.07) is 7.09. The molecule has 0 saturated heterocycles. The number of nitrogens with one attached hydrogen (secondary N) is 1. The minimum atomic E-state index is -0.328. The number of nitrogens with zero attached hydrogens (tertiary/aromatic N) is 3. The zero-order chi connectivity index (χ0) is 16.9. The van der Waals surface area contributed by atoms with Gasteiger partial charge in [-0.3, -0.25) is 4.79 Å². The number of carbonyl (C=O) groups excluding carboxylic acids is 1. The van der Waals surface area contributed by atoms with E-state index >= 15 is 0 Å². The molecule has 0 unspecified atom stereocenters. The first-order chi connectivity index (χ1) is 11.7. The van der Waals surface area contributed by atoms with Crippen LogP contribution < -0.4 is 10.1 Å². The average Bonchev–Trinajstić information content (AvgIpc) is 3.04. The summed E-state index contributed by atoms with van der Waals surface area (Å²) >= 11 is 0. The van der Waals surface area contributed by atoms with Crippen LogP contribution in [0.1, 0.15) is 15.9 Å². The Morgan fingerprint density at radius 1 is 1.46 bits per heavy atom. The molecule has 1 amide bonds. The van der Waals surface area contributed by atoms with Gasteiger partial charge in [-0.15, -0.1) is 0 Å². The number of benzene rings is 1. The van der Waals surface area contributed by atoms with Crippen LogP contribution in [-0.2, 0) is 0 Å². The van der Waals surface area contributed by atoms with Crippen molar-refractivity contribution < 1.29 is 14.6 Å². The minimum absolute atomic E-state index is 0.0538. The van der Waals surface area contributed by atoms with Gasteiger partial charge in [0.15, 0.2) is 5.65 Å². The third kappa shape index (κ3) is 3.11. The lowest BCUT2D eigenvalue weighted by atomic mass is 10.1. The molecule has 7 heteroatoms. The van der Waals surface area contributed by atoms with E-state index in [9.17, 15) is 4.79 Å². The molecule has 0 bridgehead atoms. The van der Waals surface area contributed by atoms with Crippen molar-refractivity contribution in [3.8, 4) is 5.75 Å². The number of aromatic nitrogens is 3. The van der Waals surface area contributed by atoms with Gasteiger partial charge in [-0.1, -0.05) is 18.2 Å². The summed E-state index contributed by atoms with van der Waals surface area (Å²) in [5, 5.41) is 15.8. The Morgan fingerprint density at radius 3 is 3.12 bits per heavy atom. The maximum atomic E-state index is 12.6. The Bertz CT molecular complexity index is 902. The molecule has 2 N–H and O–H groups in total. The van der Waals surface area contributed by atoms with E-state index in [0.717, 1.165) is 5.56 Å². The first-order valence-electron chi connectivity index (χ1n) is 7.28. The molecule has 0 spiro atoms. The number of carbonyl (C=O) groups is 1. The van der Waals surface area contributed by atoms with Crippen LogP contribution >= 0.6 is 0 Å².